The molecule has 0 N–H and O–H groups in total. The van der Waals surface area contributed by atoms with E-state index in [2.05, 4.69) is 4.90 Å². The Bertz CT molecular complexity index is 951. The average Bonchev–Trinajstić information content (AvgIpc) is 3.10. The quantitative estimate of drug-likeness (QED) is 0.683. The van der Waals surface area contributed by atoms with E-state index in [1.807, 2.05) is 47.4 Å². The number of hydrogen-bond acceptors (Lipinski definition) is 5. The van der Waals surface area contributed by atoms with Crippen LogP contribution in [0.15, 0.2) is 42.5 Å². The van der Waals surface area contributed by atoms with Crippen molar-refractivity contribution in [2.45, 2.75) is 0 Å². The summed E-state index contributed by atoms with van der Waals surface area (Å²) in [6.07, 6.45) is 0. The van der Waals surface area contributed by atoms with Gasteiger partial charge in [-0.1, -0.05) is 35.1 Å². The number of hydrogen-bond donors (Lipinski definition) is 0. The molecule has 0 atom stereocenters. The number of anilines is 1. The lowest BCUT2D eigenvalue weighted by molar-refractivity contribution is 0.0743. The van der Waals surface area contributed by atoms with E-state index in [9.17, 15) is 4.79 Å². The summed E-state index contributed by atoms with van der Waals surface area (Å²) >= 11 is 7.70. The number of carbonyl (C=O) groups excluding carboxylic acids is 1. The molecule has 4 rings (SSSR count). The number of fused-ring (bicyclic) bond motifs is 1. The summed E-state index contributed by atoms with van der Waals surface area (Å²) in [4.78, 5) is 21.6. The number of piperazine rings is 1. The molecular weight excluding hydrogens is 370 g/mol. The Morgan fingerprint density at radius 1 is 1.15 bits per heavy atom. The van der Waals surface area contributed by atoms with E-state index in [4.69, 9.17) is 21.3 Å². The van der Waals surface area contributed by atoms with Crippen molar-refractivity contribution in [3.63, 3.8) is 0 Å². The van der Waals surface area contributed by atoms with Crippen molar-refractivity contribution < 1.29 is 9.53 Å². The Kier molecular flexibility index (Phi) is 4.70. The molecule has 0 radical (unpaired) electrons. The number of para-hydroxylation sites is 1. The molecule has 1 fully saturated rings. The van der Waals surface area contributed by atoms with Crippen molar-refractivity contribution in [2.24, 2.45) is 0 Å². The number of aromatic nitrogens is 1. The van der Waals surface area contributed by atoms with Gasteiger partial charge in [0, 0.05) is 31.2 Å². The van der Waals surface area contributed by atoms with Gasteiger partial charge in [-0.05, 0) is 30.3 Å². The fraction of sp³-hybridized carbons (Fsp3) is 0.263. The molecule has 1 aromatic heterocycles. The molecule has 134 valence electrons. The van der Waals surface area contributed by atoms with Gasteiger partial charge in [-0.2, -0.15) is 0 Å². The van der Waals surface area contributed by atoms with E-state index in [1.54, 1.807) is 18.4 Å². The summed E-state index contributed by atoms with van der Waals surface area (Å²) < 4.78 is 6.40. The van der Waals surface area contributed by atoms with E-state index in [0.29, 0.717) is 24.4 Å². The van der Waals surface area contributed by atoms with Gasteiger partial charge in [-0.15, -0.1) is 0 Å². The standard InChI is InChI=1S/C19H18ClN3O2S/c1-25-16-5-3-2-4-14(16)18(24)22-8-10-23(11-9-22)19-21-15-7-6-13(20)12-17(15)26-19/h2-7,12H,8-11H2,1H3. The van der Waals surface area contributed by atoms with Crippen LogP contribution in [0.1, 0.15) is 10.4 Å². The minimum atomic E-state index is 0.0122. The fourth-order valence-corrected chi connectivity index (χ4v) is 4.41. The number of nitrogens with zero attached hydrogens (tertiary/aromatic N) is 3. The maximum Gasteiger partial charge on any atom is 0.257 e. The summed E-state index contributed by atoms with van der Waals surface area (Å²) in [6, 6.07) is 13.1. The van der Waals surface area contributed by atoms with Crippen LogP contribution < -0.4 is 9.64 Å². The topological polar surface area (TPSA) is 45.7 Å². The maximum absolute atomic E-state index is 12.8. The first kappa shape index (κ1) is 17.1. The van der Waals surface area contributed by atoms with Crippen LogP contribution in [-0.2, 0) is 0 Å². The van der Waals surface area contributed by atoms with E-state index >= 15 is 0 Å². The molecule has 1 aliphatic rings. The van der Waals surface area contributed by atoms with Crippen LogP contribution >= 0.6 is 22.9 Å². The predicted octanol–water partition coefficient (Wildman–Crippen LogP) is 3.92. The normalized spacial score (nSPS) is 14.7. The van der Waals surface area contributed by atoms with Gasteiger partial charge in [0.15, 0.2) is 5.13 Å². The Labute approximate surface area is 160 Å². The largest absolute Gasteiger partial charge is 0.496 e. The van der Waals surface area contributed by atoms with Crippen molar-refractivity contribution in [1.82, 2.24) is 9.88 Å². The Morgan fingerprint density at radius 3 is 2.69 bits per heavy atom. The highest BCUT2D eigenvalue weighted by atomic mass is 35.5. The molecule has 3 aromatic rings. The fourth-order valence-electron chi connectivity index (χ4n) is 3.11. The SMILES string of the molecule is COc1ccccc1C(=O)N1CCN(c2nc3ccc(Cl)cc3s2)CC1. The molecule has 2 heterocycles. The molecule has 2 aromatic carbocycles. The Hall–Kier alpha value is -2.31. The molecule has 1 saturated heterocycles. The van der Waals surface area contributed by atoms with Gasteiger partial charge in [0.25, 0.3) is 5.91 Å². The highest BCUT2D eigenvalue weighted by Crippen LogP contribution is 2.31. The summed E-state index contributed by atoms with van der Waals surface area (Å²) in [5.74, 6) is 0.626. The molecule has 7 heteroatoms. The lowest BCUT2D eigenvalue weighted by atomic mass is 10.1. The van der Waals surface area contributed by atoms with Gasteiger partial charge in [0.05, 0.1) is 22.9 Å². The first-order chi connectivity index (χ1) is 12.7. The van der Waals surface area contributed by atoms with Crippen LogP contribution in [0.4, 0.5) is 5.13 Å². The van der Waals surface area contributed by atoms with Crippen LogP contribution in [0, 0.1) is 0 Å². The van der Waals surface area contributed by atoms with E-state index in [0.717, 1.165) is 33.5 Å². The van der Waals surface area contributed by atoms with Gasteiger partial charge in [0.2, 0.25) is 0 Å². The lowest BCUT2D eigenvalue weighted by Crippen LogP contribution is -2.48. The number of benzene rings is 2. The third-order valence-electron chi connectivity index (χ3n) is 4.51. The highest BCUT2D eigenvalue weighted by Gasteiger charge is 2.25. The number of ether oxygens (including phenoxy) is 1. The van der Waals surface area contributed by atoms with Crippen molar-refractivity contribution in [3.05, 3.63) is 53.1 Å². The molecule has 0 bridgehead atoms. The molecule has 0 unspecified atom stereocenters. The average molecular weight is 388 g/mol. The molecule has 1 amide bonds. The van der Waals surface area contributed by atoms with Crippen LogP contribution in [-0.4, -0.2) is 49.1 Å². The number of amides is 1. The Morgan fingerprint density at radius 2 is 1.92 bits per heavy atom. The monoisotopic (exact) mass is 387 g/mol. The van der Waals surface area contributed by atoms with E-state index < -0.39 is 0 Å². The maximum atomic E-state index is 12.8. The summed E-state index contributed by atoms with van der Waals surface area (Å²) in [7, 11) is 1.59. The minimum Gasteiger partial charge on any atom is -0.496 e. The molecule has 26 heavy (non-hydrogen) atoms. The molecule has 0 spiro atoms. The third kappa shape index (κ3) is 3.22. The molecule has 0 aliphatic carbocycles. The zero-order valence-corrected chi connectivity index (χ0v) is 15.9. The van der Waals surface area contributed by atoms with Gasteiger partial charge in [0.1, 0.15) is 5.75 Å². The second-order valence-corrected chi connectivity index (χ2v) is 7.53. The third-order valence-corrected chi connectivity index (χ3v) is 5.83. The number of carbonyl (C=O) groups is 1. The smallest absolute Gasteiger partial charge is 0.257 e. The highest BCUT2D eigenvalue weighted by molar-refractivity contribution is 7.22. The molecular formula is C19H18ClN3O2S. The van der Waals surface area contributed by atoms with Gasteiger partial charge >= 0.3 is 0 Å². The van der Waals surface area contributed by atoms with Crippen LogP contribution in [0.25, 0.3) is 10.2 Å². The predicted molar refractivity (Wildman–Crippen MR) is 106 cm³/mol. The van der Waals surface area contributed by atoms with Crippen LogP contribution in [0.2, 0.25) is 5.02 Å². The van der Waals surface area contributed by atoms with Gasteiger partial charge < -0.3 is 14.5 Å². The van der Waals surface area contributed by atoms with Crippen molar-refractivity contribution in [1.29, 1.82) is 0 Å². The van der Waals surface area contributed by atoms with Crippen molar-refractivity contribution >= 4 is 44.2 Å². The number of methoxy groups -OCH3 is 1. The van der Waals surface area contributed by atoms with Crippen LogP contribution in [0.5, 0.6) is 5.75 Å². The lowest BCUT2D eigenvalue weighted by Gasteiger charge is -2.34. The number of halogens is 1. The number of rotatable bonds is 3. The minimum absolute atomic E-state index is 0.0122. The summed E-state index contributed by atoms with van der Waals surface area (Å²) in [5.41, 5.74) is 1.57. The summed E-state index contributed by atoms with van der Waals surface area (Å²) in [5, 5.41) is 1.70. The van der Waals surface area contributed by atoms with Gasteiger partial charge in [-0.25, -0.2) is 4.98 Å². The van der Waals surface area contributed by atoms with Gasteiger partial charge in [-0.3, -0.25) is 4.79 Å². The van der Waals surface area contributed by atoms with Crippen LogP contribution in [0.3, 0.4) is 0 Å². The molecule has 5 nitrogen and oxygen atoms in total. The van der Waals surface area contributed by atoms with Crippen molar-refractivity contribution in [2.75, 3.05) is 38.2 Å². The van der Waals surface area contributed by atoms with Crippen molar-refractivity contribution in [3.8, 4) is 5.75 Å². The van der Waals surface area contributed by atoms with E-state index in [-0.39, 0.29) is 5.91 Å². The first-order valence-corrected chi connectivity index (χ1v) is 9.58. The molecule has 1 aliphatic heterocycles. The molecule has 0 saturated carbocycles. The second-order valence-electron chi connectivity index (χ2n) is 6.09. The number of thiazole rings is 1. The Balaban J connectivity index is 1.47. The zero-order valence-electron chi connectivity index (χ0n) is 14.3. The van der Waals surface area contributed by atoms with E-state index in [1.165, 1.54) is 0 Å². The summed E-state index contributed by atoms with van der Waals surface area (Å²) in [6.45, 7) is 2.84. The zero-order chi connectivity index (χ0) is 18.1. The first-order valence-electron chi connectivity index (χ1n) is 8.39. The second kappa shape index (κ2) is 7.13.